The van der Waals surface area contributed by atoms with Crippen LogP contribution in [-0.4, -0.2) is 48.5 Å². The summed E-state index contributed by atoms with van der Waals surface area (Å²) in [6.45, 7) is 5.71. The molecule has 1 aliphatic rings. The third-order valence-corrected chi connectivity index (χ3v) is 4.77. The third kappa shape index (κ3) is 3.86. The number of anilines is 1. The standard InChI is InChI=1S/C20H23N3O4/c1-4-22-13-16(27-19-8-6-5-7-18(19)22)12-21(3)20(24)15-9-10-17(23(25)26)14(2)11-15/h5-11,16H,4,12-13H2,1-3H3/t16-/m1/s1. The van der Waals surface area contributed by atoms with Crippen molar-refractivity contribution >= 4 is 17.3 Å². The Morgan fingerprint density at radius 2 is 2.07 bits per heavy atom. The number of para-hydroxylation sites is 2. The van der Waals surface area contributed by atoms with Crippen molar-refractivity contribution in [2.45, 2.75) is 20.0 Å². The molecule has 3 rings (SSSR count). The molecule has 7 nitrogen and oxygen atoms in total. The largest absolute Gasteiger partial charge is 0.485 e. The van der Waals surface area contributed by atoms with E-state index in [9.17, 15) is 14.9 Å². The molecule has 2 aromatic carbocycles. The van der Waals surface area contributed by atoms with Crippen LogP contribution in [0.15, 0.2) is 42.5 Å². The van der Waals surface area contributed by atoms with Gasteiger partial charge in [-0.1, -0.05) is 12.1 Å². The van der Waals surface area contributed by atoms with Crippen LogP contribution in [0.5, 0.6) is 5.75 Å². The second-order valence-corrected chi connectivity index (χ2v) is 6.69. The summed E-state index contributed by atoms with van der Waals surface area (Å²) in [5.41, 5.74) is 1.99. The van der Waals surface area contributed by atoms with E-state index in [0.717, 1.165) is 18.0 Å². The number of carbonyl (C=O) groups excluding carboxylic acids is 1. The minimum atomic E-state index is -0.444. The van der Waals surface area contributed by atoms with E-state index in [2.05, 4.69) is 11.8 Å². The van der Waals surface area contributed by atoms with Crippen molar-refractivity contribution in [3.63, 3.8) is 0 Å². The Morgan fingerprint density at radius 1 is 1.33 bits per heavy atom. The lowest BCUT2D eigenvalue weighted by Crippen LogP contribution is -2.46. The number of benzene rings is 2. The summed E-state index contributed by atoms with van der Waals surface area (Å²) in [7, 11) is 1.72. The van der Waals surface area contributed by atoms with Crippen LogP contribution in [0.25, 0.3) is 0 Å². The fourth-order valence-corrected chi connectivity index (χ4v) is 3.38. The number of likely N-dealkylation sites (N-methyl/N-ethyl adjacent to an activating group) is 2. The highest BCUT2D eigenvalue weighted by Crippen LogP contribution is 2.33. The summed E-state index contributed by atoms with van der Waals surface area (Å²) in [6.07, 6.45) is -0.145. The first-order chi connectivity index (χ1) is 12.9. The highest BCUT2D eigenvalue weighted by atomic mass is 16.6. The van der Waals surface area contributed by atoms with Crippen LogP contribution in [0.1, 0.15) is 22.8 Å². The van der Waals surface area contributed by atoms with E-state index in [1.807, 2.05) is 24.3 Å². The number of aryl methyl sites for hydroxylation is 1. The molecule has 0 aliphatic carbocycles. The lowest BCUT2D eigenvalue weighted by atomic mass is 10.1. The zero-order chi connectivity index (χ0) is 19.6. The van der Waals surface area contributed by atoms with Crippen LogP contribution in [0.3, 0.4) is 0 Å². The van der Waals surface area contributed by atoms with Crippen LogP contribution in [0.2, 0.25) is 0 Å². The SMILES string of the molecule is CCN1C[C@@H](CN(C)C(=O)c2ccc([N+](=O)[O-])c(C)c2)Oc2ccccc21. The van der Waals surface area contributed by atoms with Crippen molar-refractivity contribution in [1.29, 1.82) is 0 Å². The first-order valence-corrected chi connectivity index (χ1v) is 8.91. The van der Waals surface area contributed by atoms with E-state index in [1.165, 1.54) is 12.1 Å². The Labute approximate surface area is 158 Å². The predicted octanol–water partition coefficient (Wildman–Crippen LogP) is 3.26. The molecule has 1 amide bonds. The Balaban J connectivity index is 1.72. The fourth-order valence-electron chi connectivity index (χ4n) is 3.38. The molecule has 0 radical (unpaired) electrons. The molecule has 0 saturated heterocycles. The number of fused-ring (bicyclic) bond motifs is 1. The number of rotatable bonds is 5. The number of ether oxygens (including phenoxy) is 1. The number of amides is 1. The summed E-state index contributed by atoms with van der Waals surface area (Å²) in [5, 5.41) is 10.9. The van der Waals surface area contributed by atoms with Gasteiger partial charge in [-0.05, 0) is 38.1 Å². The summed E-state index contributed by atoms with van der Waals surface area (Å²) in [4.78, 5) is 27.1. The van der Waals surface area contributed by atoms with Gasteiger partial charge in [-0.3, -0.25) is 14.9 Å². The molecule has 0 aromatic heterocycles. The van der Waals surface area contributed by atoms with Crippen molar-refractivity contribution in [2.75, 3.05) is 31.6 Å². The molecule has 0 N–H and O–H groups in total. The maximum atomic E-state index is 12.7. The molecule has 0 fully saturated rings. The summed E-state index contributed by atoms with van der Waals surface area (Å²) in [5.74, 6) is 0.640. The molecule has 1 heterocycles. The highest BCUT2D eigenvalue weighted by molar-refractivity contribution is 5.94. The maximum absolute atomic E-state index is 12.7. The second kappa shape index (κ2) is 7.65. The Hall–Kier alpha value is -3.09. The molecule has 0 bridgehead atoms. The van der Waals surface area contributed by atoms with Gasteiger partial charge in [0.1, 0.15) is 11.9 Å². The molecule has 0 unspecified atom stereocenters. The molecule has 0 spiro atoms. The van der Waals surface area contributed by atoms with E-state index in [0.29, 0.717) is 24.2 Å². The van der Waals surface area contributed by atoms with Gasteiger partial charge < -0.3 is 14.5 Å². The van der Waals surface area contributed by atoms with Crippen LogP contribution < -0.4 is 9.64 Å². The minimum absolute atomic E-state index is 0.0139. The lowest BCUT2D eigenvalue weighted by molar-refractivity contribution is -0.385. The van der Waals surface area contributed by atoms with Crippen LogP contribution in [0.4, 0.5) is 11.4 Å². The van der Waals surface area contributed by atoms with Crippen LogP contribution >= 0.6 is 0 Å². The van der Waals surface area contributed by atoms with Gasteiger partial charge in [0.25, 0.3) is 11.6 Å². The first-order valence-electron chi connectivity index (χ1n) is 8.91. The average molecular weight is 369 g/mol. The quantitative estimate of drug-likeness (QED) is 0.597. The molecule has 1 atom stereocenters. The van der Waals surface area contributed by atoms with Crippen LogP contribution in [-0.2, 0) is 0 Å². The highest BCUT2D eigenvalue weighted by Gasteiger charge is 2.27. The van der Waals surface area contributed by atoms with E-state index < -0.39 is 4.92 Å². The predicted molar refractivity (Wildman–Crippen MR) is 104 cm³/mol. The van der Waals surface area contributed by atoms with Gasteiger partial charge in [0.2, 0.25) is 0 Å². The van der Waals surface area contributed by atoms with Gasteiger partial charge in [-0.25, -0.2) is 0 Å². The van der Waals surface area contributed by atoms with E-state index in [1.54, 1.807) is 24.9 Å². The summed E-state index contributed by atoms with van der Waals surface area (Å²) >= 11 is 0. The normalized spacial score (nSPS) is 15.7. The molecule has 142 valence electrons. The van der Waals surface area contributed by atoms with Gasteiger partial charge in [0.05, 0.1) is 23.7 Å². The molecule has 1 aliphatic heterocycles. The number of hydrogen-bond acceptors (Lipinski definition) is 5. The number of nitro benzene ring substituents is 1. The number of nitrogens with zero attached hydrogens (tertiary/aromatic N) is 3. The average Bonchev–Trinajstić information content (AvgIpc) is 2.66. The van der Waals surface area contributed by atoms with E-state index in [4.69, 9.17) is 4.74 Å². The Morgan fingerprint density at radius 3 is 2.74 bits per heavy atom. The Bertz CT molecular complexity index is 868. The topological polar surface area (TPSA) is 75.9 Å². The van der Waals surface area contributed by atoms with Crippen molar-refractivity contribution in [3.05, 3.63) is 63.7 Å². The van der Waals surface area contributed by atoms with Crippen molar-refractivity contribution in [1.82, 2.24) is 4.90 Å². The van der Waals surface area contributed by atoms with Gasteiger partial charge in [0.15, 0.2) is 0 Å². The number of carbonyl (C=O) groups is 1. The minimum Gasteiger partial charge on any atom is -0.485 e. The molecular weight excluding hydrogens is 346 g/mol. The zero-order valence-electron chi connectivity index (χ0n) is 15.7. The van der Waals surface area contributed by atoms with Gasteiger partial charge in [0, 0.05) is 30.8 Å². The molecule has 27 heavy (non-hydrogen) atoms. The first kappa shape index (κ1) is 18.7. The Kier molecular flexibility index (Phi) is 5.30. The van der Waals surface area contributed by atoms with Crippen LogP contribution in [0, 0.1) is 17.0 Å². The summed E-state index contributed by atoms with van der Waals surface area (Å²) < 4.78 is 6.07. The maximum Gasteiger partial charge on any atom is 0.272 e. The van der Waals surface area contributed by atoms with Gasteiger partial charge >= 0.3 is 0 Å². The molecular formula is C20H23N3O4. The molecule has 7 heteroatoms. The van der Waals surface area contributed by atoms with Crippen molar-refractivity contribution in [3.8, 4) is 5.75 Å². The smallest absolute Gasteiger partial charge is 0.272 e. The monoisotopic (exact) mass is 369 g/mol. The molecule has 2 aromatic rings. The number of hydrogen-bond donors (Lipinski definition) is 0. The molecule has 0 saturated carbocycles. The van der Waals surface area contributed by atoms with Crippen molar-refractivity contribution in [2.24, 2.45) is 0 Å². The fraction of sp³-hybridized carbons (Fsp3) is 0.350. The second-order valence-electron chi connectivity index (χ2n) is 6.69. The van der Waals surface area contributed by atoms with Gasteiger partial charge in [-0.2, -0.15) is 0 Å². The zero-order valence-corrected chi connectivity index (χ0v) is 15.7. The van der Waals surface area contributed by atoms with E-state index in [-0.39, 0.29) is 17.7 Å². The lowest BCUT2D eigenvalue weighted by Gasteiger charge is -2.37. The van der Waals surface area contributed by atoms with Crippen molar-refractivity contribution < 1.29 is 14.5 Å². The third-order valence-electron chi connectivity index (χ3n) is 4.77. The summed E-state index contributed by atoms with van der Waals surface area (Å²) in [6, 6.07) is 12.3. The van der Waals surface area contributed by atoms with E-state index >= 15 is 0 Å². The van der Waals surface area contributed by atoms with Gasteiger partial charge in [-0.15, -0.1) is 0 Å². The number of nitro groups is 1.